The van der Waals surface area contributed by atoms with Crippen molar-refractivity contribution in [3.63, 3.8) is 0 Å². The Hall–Kier alpha value is -1.16. The number of aryl methyl sites for hydroxylation is 1. The molecule has 1 heterocycles. The van der Waals surface area contributed by atoms with Gasteiger partial charge in [0, 0.05) is 12.7 Å². The van der Waals surface area contributed by atoms with Crippen LogP contribution in [-0.2, 0) is 6.54 Å². The summed E-state index contributed by atoms with van der Waals surface area (Å²) in [6.07, 6.45) is 10.5. The van der Waals surface area contributed by atoms with Gasteiger partial charge in [-0.15, -0.1) is 0 Å². The van der Waals surface area contributed by atoms with E-state index in [1.54, 1.807) is 16.8 Å². The van der Waals surface area contributed by atoms with Crippen LogP contribution in [0.1, 0.15) is 57.4 Å². The number of pyridine rings is 1. The number of nitrogens with two attached hydrogens (primary N) is 1. The summed E-state index contributed by atoms with van der Waals surface area (Å²) in [6.45, 7) is 2.98. The van der Waals surface area contributed by atoms with Crippen LogP contribution in [0, 0.1) is 0 Å². The van der Waals surface area contributed by atoms with E-state index in [2.05, 4.69) is 6.92 Å². The molecule has 0 atom stereocenters. The first-order valence-electron chi connectivity index (χ1n) is 7.16. The average molecular weight is 280 g/mol. The van der Waals surface area contributed by atoms with Crippen LogP contribution in [0.3, 0.4) is 0 Å². The second kappa shape index (κ2) is 8.86. The lowest BCUT2D eigenvalue weighted by atomic mass is 10.1. The van der Waals surface area contributed by atoms with E-state index in [4.69, 9.17) is 18.0 Å². The molecule has 0 aliphatic carbocycles. The fourth-order valence-corrected chi connectivity index (χ4v) is 2.30. The van der Waals surface area contributed by atoms with E-state index >= 15 is 0 Å². The molecule has 1 aromatic rings. The first-order chi connectivity index (χ1) is 9.16. The lowest BCUT2D eigenvalue weighted by Gasteiger charge is -2.07. The third-order valence-electron chi connectivity index (χ3n) is 3.29. The van der Waals surface area contributed by atoms with Crippen LogP contribution in [0.15, 0.2) is 23.1 Å². The van der Waals surface area contributed by atoms with Crippen LogP contribution >= 0.6 is 12.2 Å². The van der Waals surface area contributed by atoms with Gasteiger partial charge in [0.2, 0.25) is 0 Å². The van der Waals surface area contributed by atoms with Gasteiger partial charge in [-0.05, 0) is 18.6 Å². The monoisotopic (exact) mass is 280 g/mol. The largest absolute Gasteiger partial charge is 0.389 e. The van der Waals surface area contributed by atoms with Gasteiger partial charge >= 0.3 is 0 Å². The molecule has 1 aromatic heterocycles. The van der Waals surface area contributed by atoms with Crippen molar-refractivity contribution < 1.29 is 0 Å². The minimum Gasteiger partial charge on any atom is -0.389 e. The molecule has 0 aliphatic rings. The minimum absolute atomic E-state index is 0.0685. The zero-order valence-electron chi connectivity index (χ0n) is 11.7. The molecule has 0 unspecified atom stereocenters. The summed E-state index contributed by atoms with van der Waals surface area (Å²) in [7, 11) is 0. The number of thiocarbonyl (C=S) groups is 1. The van der Waals surface area contributed by atoms with Crippen molar-refractivity contribution in [1.29, 1.82) is 0 Å². The van der Waals surface area contributed by atoms with E-state index in [0.717, 1.165) is 13.0 Å². The van der Waals surface area contributed by atoms with Crippen molar-refractivity contribution in [2.75, 3.05) is 0 Å². The summed E-state index contributed by atoms with van der Waals surface area (Å²) in [5.74, 6) is 0. The summed E-state index contributed by atoms with van der Waals surface area (Å²) in [5.41, 5.74) is 5.90. The zero-order valence-corrected chi connectivity index (χ0v) is 12.5. The SMILES string of the molecule is CCCCCCCCCn1cccc(C(N)=S)c1=O. The Morgan fingerprint density at radius 2 is 1.84 bits per heavy atom. The number of unbranched alkanes of at least 4 members (excludes halogenated alkanes) is 6. The molecule has 0 radical (unpaired) electrons. The van der Waals surface area contributed by atoms with E-state index < -0.39 is 0 Å². The summed E-state index contributed by atoms with van der Waals surface area (Å²) in [5, 5.41) is 0. The van der Waals surface area contributed by atoms with E-state index in [9.17, 15) is 4.79 Å². The maximum Gasteiger partial charge on any atom is 0.260 e. The maximum absolute atomic E-state index is 12.0. The quantitative estimate of drug-likeness (QED) is 0.558. The predicted molar refractivity (Wildman–Crippen MR) is 84.6 cm³/mol. The molecule has 4 heteroatoms. The van der Waals surface area contributed by atoms with E-state index in [1.165, 1.54) is 38.5 Å². The first-order valence-corrected chi connectivity index (χ1v) is 7.57. The molecule has 0 amide bonds. The molecular formula is C15H24N2OS. The molecule has 0 aromatic carbocycles. The molecule has 1 rings (SSSR count). The summed E-state index contributed by atoms with van der Waals surface area (Å²) in [4.78, 5) is 12.2. The topological polar surface area (TPSA) is 48.0 Å². The van der Waals surface area contributed by atoms with Crippen LogP contribution in [0.4, 0.5) is 0 Å². The second-order valence-corrected chi connectivity index (χ2v) is 5.35. The minimum atomic E-state index is -0.0685. The van der Waals surface area contributed by atoms with Gasteiger partial charge in [-0.2, -0.15) is 0 Å². The molecule has 2 N–H and O–H groups in total. The Bertz CT molecular complexity index is 454. The van der Waals surface area contributed by atoms with Gasteiger partial charge < -0.3 is 10.3 Å². The molecule has 0 aliphatic heterocycles. The molecule has 0 spiro atoms. The normalized spacial score (nSPS) is 10.6. The van der Waals surface area contributed by atoms with Crippen molar-refractivity contribution in [2.24, 2.45) is 5.73 Å². The van der Waals surface area contributed by atoms with Gasteiger partial charge in [-0.3, -0.25) is 4.79 Å². The van der Waals surface area contributed by atoms with Crippen LogP contribution in [0.5, 0.6) is 0 Å². The van der Waals surface area contributed by atoms with E-state index in [1.807, 2.05) is 6.07 Å². The Morgan fingerprint density at radius 1 is 1.21 bits per heavy atom. The lowest BCUT2D eigenvalue weighted by molar-refractivity contribution is 0.542. The second-order valence-electron chi connectivity index (χ2n) is 4.91. The van der Waals surface area contributed by atoms with E-state index in [-0.39, 0.29) is 10.5 Å². The van der Waals surface area contributed by atoms with Gasteiger partial charge in [0.15, 0.2) is 0 Å². The van der Waals surface area contributed by atoms with Crippen LogP contribution in [-0.4, -0.2) is 9.56 Å². The van der Waals surface area contributed by atoms with Crippen molar-refractivity contribution >= 4 is 17.2 Å². The first kappa shape index (κ1) is 15.9. The molecule has 0 fully saturated rings. The van der Waals surface area contributed by atoms with Crippen LogP contribution < -0.4 is 11.3 Å². The molecular weight excluding hydrogens is 256 g/mol. The fourth-order valence-electron chi connectivity index (χ4n) is 2.14. The predicted octanol–water partition coefficient (Wildman–Crippen LogP) is 3.23. The van der Waals surface area contributed by atoms with Crippen molar-refractivity contribution in [1.82, 2.24) is 4.57 Å². The van der Waals surface area contributed by atoms with Gasteiger partial charge in [0.05, 0.1) is 5.56 Å². The number of nitrogens with zero attached hydrogens (tertiary/aromatic N) is 1. The smallest absolute Gasteiger partial charge is 0.260 e. The highest BCUT2D eigenvalue weighted by Crippen LogP contribution is 2.07. The Kier molecular flexibility index (Phi) is 7.41. The number of hydrogen-bond acceptors (Lipinski definition) is 2. The molecule has 0 saturated carbocycles. The fraction of sp³-hybridized carbons (Fsp3) is 0.600. The van der Waals surface area contributed by atoms with E-state index in [0.29, 0.717) is 5.56 Å². The Morgan fingerprint density at radius 3 is 2.47 bits per heavy atom. The summed E-state index contributed by atoms with van der Waals surface area (Å²) in [6, 6.07) is 3.52. The highest BCUT2D eigenvalue weighted by molar-refractivity contribution is 7.80. The van der Waals surface area contributed by atoms with Crippen molar-refractivity contribution in [3.8, 4) is 0 Å². The molecule has 3 nitrogen and oxygen atoms in total. The van der Waals surface area contributed by atoms with Crippen LogP contribution in [0.25, 0.3) is 0 Å². The molecule has 0 saturated heterocycles. The number of hydrogen-bond donors (Lipinski definition) is 1. The van der Waals surface area contributed by atoms with Gasteiger partial charge in [-0.25, -0.2) is 0 Å². The zero-order chi connectivity index (χ0) is 14.1. The van der Waals surface area contributed by atoms with Gasteiger partial charge in [0.1, 0.15) is 4.99 Å². The highest BCUT2D eigenvalue weighted by Gasteiger charge is 2.04. The van der Waals surface area contributed by atoms with Gasteiger partial charge in [-0.1, -0.05) is 57.7 Å². The molecule has 106 valence electrons. The molecule has 0 bridgehead atoms. The van der Waals surface area contributed by atoms with Crippen molar-refractivity contribution in [2.45, 2.75) is 58.4 Å². The third-order valence-corrected chi connectivity index (χ3v) is 3.51. The number of rotatable bonds is 9. The average Bonchev–Trinajstić information content (AvgIpc) is 2.39. The van der Waals surface area contributed by atoms with Gasteiger partial charge in [0.25, 0.3) is 5.56 Å². The van der Waals surface area contributed by atoms with Crippen LogP contribution in [0.2, 0.25) is 0 Å². The highest BCUT2D eigenvalue weighted by atomic mass is 32.1. The molecule has 19 heavy (non-hydrogen) atoms. The Balaban J connectivity index is 2.36. The Labute approximate surface area is 120 Å². The van der Waals surface area contributed by atoms with Crippen molar-refractivity contribution in [3.05, 3.63) is 34.2 Å². The lowest BCUT2D eigenvalue weighted by Crippen LogP contribution is -2.28. The summed E-state index contributed by atoms with van der Waals surface area (Å²) >= 11 is 4.87. The standard InChI is InChI=1S/C15H24N2OS/c1-2-3-4-5-6-7-8-11-17-12-9-10-13(14(16)19)15(17)18/h9-10,12H,2-8,11H2,1H3,(H2,16,19). The summed E-state index contributed by atoms with van der Waals surface area (Å²) < 4.78 is 1.71. The maximum atomic E-state index is 12.0. The third kappa shape index (κ3) is 5.55. The number of aromatic nitrogens is 1.